The molecule has 0 spiro atoms. The molecule has 4 heteroatoms. The van der Waals surface area contributed by atoms with E-state index in [1.54, 1.807) is 5.37 Å². The number of hydrogen-bond donors (Lipinski definition) is 2. The Labute approximate surface area is 134 Å². The summed E-state index contributed by atoms with van der Waals surface area (Å²) in [6.07, 6.45) is 0. The second kappa shape index (κ2) is 6.37. The van der Waals surface area contributed by atoms with Crippen molar-refractivity contribution >= 4 is 45.7 Å². The molecule has 0 aliphatic rings. The van der Waals surface area contributed by atoms with Gasteiger partial charge >= 0.3 is 0 Å². The molecule has 0 unspecified atom stereocenters. The summed E-state index contributed by atoms with van der Waals surface area (Å²) in [5, 5.41) is 6.93. The number of rotatable bonds is 3. The lowest BCUT2D eigenvalue weighted by Crippen LogP contribution is -2.21. The molecule has 3 rings (SSSR count). The van der Waals surface area contributed by atoms with Crippen molar-refractivity contribution in [1.82, 2.24) is 0 Å². The number of anilines is 1. The second-order valence-corrected chi connectivity index (χ2v) is 5.10. The number of nitrogens with one attached hydrogen (secondary N) is 1. The van der Waals surface area contributed by atoms with Crippen molar-refractivity contribution in [2.45, 2.75) is 0 Å². The molecule has 0 heterocycles. The van der Waals surface area contributed by atoms with Crippen molar-refractivity contribution in [2.75, 3.05) is 5.32 Å². The fourth-order valence-electron chi connectivity index (χ4n) is 2.30. The van der Waals surface area contributed by atoms with Crippen LogP contribution < -0.4 is 11.1 Å². The topological polar surface area (TPSA) is 50.4 Å². The molecule has 0 aliphatic heterocycles. The number of hydrogen-bond acceptors (Lipinski definition) is 2. The minimum atomic E-state index is 0.345. The third kappa shape index (κ3) is 3.13. The van der Waals surface area contributed by atoms with Gasteiger partial charge in [-0.05, 0) is 29.1 Å². The van der Waals surface area contributed by atoms with Crippen LogP contribution in [0.1, 0.15) is 5.56 Å². The Morgan fingerprint density at radius 1 is 1.00 bits per heavy atom. The third-order valence-electron chi connectivity index (χ3n) is 3.30. The number of guanidine groups is 1. The van der Waals surface area contributed by atoms with Gasteiger partial charge in [0.1, 0.15) is 0 Å². The van der Waals surface area contributed by atoms with Gasteiger partial charge < -0.3 is 11.1 Å². The van der Waals surface area contributed by atoms with Crippen LogP contribution in [0.3, 0.4) is 0 Å². The SMILES string of the molecule is NC(=Nc1cccc2ccccc12)Nc1cccc(C=S)c1. The highest BCUT2D eigenvalue weighted by atomic mass is 32.1. The predicted octanol–water partition coefficient (Wildman–Crippen LogP) is 4.25. The molecule has 0 aliphatic carbocycles. The average Bonchev–Trinajstić information content (AvgIpc) is 2.55. The van der Waals surface area contributed by atoms with Crippen LogP contribution in [0.15, 0.2) is 71.7 Å². The van der Waals surface area contributed by atoms with Gasteiger partial charge in [-0.3, -0.25) is 0 Å². The maximum atomic E-state index is 6.02. The molecule has 0 aromatic heterocycles. The molecule has 0 saturated heterocycles. The van der Waals surface area contributed by atoms with E-state index in [4.69, 9.17) is 18.0 Å². The zero-order chi connectivity index (χ0) is 15.4. The minimum absolute atomic E-state index is 0.345. The molecule has 3 aromatic rings. The maximum absolute atomic E-state index is 6.02. The standard InChI is InChI=1S/C18H15N3S/c19-18(20-15-8-3-5-13(11-15)12-22)21-17-10-4-7-14-6-1-2-9-16(14)17/h1-12H,(H3,19,20,21). The Hall–Kier alpha value is -2.72. The molecule has 0 radical (unpaired) electrons. The van der Waals surface area contributed by atoms with E-state index in [2.05, 4.69) is 22.4 Å². The molecule has 0 bridgehead atoms. The molecule has 22 heavy (non-hydrogen) atoms. The van der Waals surface area contributed by atoms with Crippen LogP contribution in [0.5, 0.6) is 0 Å². The third-order valence-corrected chi connectivity index (χ3v) is 3.57. The van der Waals surface area contributed by atoms with E-state index in [-0.39, 0.29) is 0 Å². The second-order valence-electron chi connectivity index (χ2n) is 4.86. The number of aliphatic imine (C=N–C) groups is 1. The van der Waals surface area contributed by atoms with Crippen molar-refractivity contribution in [1.29, 1.82) is 0 Å². The first-order valence-corrected chi connectivity index (χ1v) is 7.37. The highest BCUT2D eigenvalue weighted by Crippen LogP contribution is 2.25. The van der Waals surface area contributed by atoms with Crippen LogP contribution in [0.4, 0.5) is 11.4 Å². The summed E-state index contributed by atoms with van der Waals surface area (Å²) in [7, 11) is 0. The van der Waals surface area contributed by atoms with Gasteiger partial charge in [-0.2, -0.15) is 0 Å². The predicted molar refractivity (Wildman–Crippen MR) is 98.1 cm³/mol. The van der Waals surface area contributed by atoms with Gasteiger partial charge in [-0.25, -0.2) is 4.99 Å². The molecular weight excluding hydrogens is 290 g/mol. The molecule has 3 aromatic carbocycles. The van der Waals surface area contributed by atoms with Gasteiger partial charge in [-0.15, -0.1) is 0 Å². The summed E-state index contributed by atoms with van der Waals surface area (Å²) in [5.41, 5.74) is 8.68. The molecule has 0 amide bonds. The first kappa shape index (κ1) is 14.2. The van der Waals surface area contributed by atoms with Crippen LogP contribution in [-0.2, 0) is 0 Å². The van der Waals surface area contributed by atoms with E-state index in [9.17, 15) is 0 Å². The van der Waals surface area contributed by atoms with E-state index < -0.39 is 0 Å². The van der Waals surface area contributed by atoms with Crippen molar-refractivity contribution < 1.29 is 0 Å². The smallest absolute Gasteiger partial charge is 0.198 e. The van der Waals surface area contributed by atoms with Crippen LogP contribution in [0.2, 0.25) is 0 Å². The Balaban J connectivity index is 1.91. The highest BCUT2D eigenvalue weighted by Gasteiger charge is 2.01. The van der Waals surface area contributed by atoms with E-state index >= 15 is 0 Å². The Morgan fingerprint density at radius 3 is 2.64 bits per heavy atom. The van der Waals surface area contributed by atoms with E-state index in [0.29, 0.717) is 5.96 Å². The summed E-state index contributed by atoms with van der Waals surface area (Å²) in [6.45, 7) is 0. The lowest BCUT2D eigenvalue weighted by molar-refractivity contribution is 1.46. The maximum Gasteiger partial charge on any atom is 0.198 e. The lowest BCUT2D eigenvalue weighted by atomic mass is 10.1. The summed E-state index contributed by atoms with van der Waals surface area (Å²) in [5.74, 6) is 0.345. The van der Waals surface area contributed by atoms with Crippen LogP contribution in [-0.4, -0.2) is 11.3 Å². The van der Waals surface area contributed by atoms with Crippen molar-refractivity contribution in [2.24, 2.45) is 10.7 Å². The molecule has 108 valence electrons. The molecule has 0 fully saturated rings. The van der Waals surface area contributed by atoms with Gasteiger partial charge in [0.15, 0.2) is 5.96 Å². The van der Waals surface area contributed by atoms with Crippen molar-refractivity contribution in [3.63, 3.8) is 0 Å². The number of nitrogens with zero attached hydrogens (tertiary/aromatic N) is 1. The lowest BCUT2D eigenvalue weighted by Gasteiger charge is -2.07. The first-order valence-electron chi connectivity index (χ1n) is 6.90. The van der Waals surface area contributed by atoms with Crippen LogP contribution >= 0.6 is 12.2 Å². The summed E-state index contributed by atoms with van der Waals surface area (Å²) < 4.78 is 0. The van der Waals surface area contributed by atoms with Gasteiger partial charge in [0.05, 0.1) is 5.69 Å². The van der Waals surface area contributed by atoms with E-state index in [1.807, 2.05) is 54.6 Å². The highest BCUT2D eigenvalue weighted by molar-refractivity contribution is 7.79. The largest absolute Gasteiger partial charge is 0.369 e. The van der Waals surface area contributed by atoms with Gasteiger partial charge in [0.25, 0.3) is 0 Å². The van der Waals surface area contributed by atoms with Crippen LogP contribution in [0, 0.1) is 0 Å². The number of benzene rings is 3. The fourth-order valence-corrected chi connectivity index (χ4v) is 2.45. The quantitative estimate of drug-likeness (QED) is 0.432. The zero-order valence-corrected chi connectivity index (χ0v) is 12.7. The fraction of sp³-hybridized carbons (Fsp3) is 0. The Morgan fingerprint density at radius 2 is 1.77 bits per heavy atom. The Bertz CT molecular complexity index is 850. The average molecular weight is 305 g/mol. The molecule has 3 N–H and O–H groups in total. The molecule has 3 nitrogen and oxygen atoms in total. The number of nitrogens with two attached hydrogens (primary N) is 1. The van der Waals surface area contributed by atoms with Crippen molar-refractivity contribution in [3.8, 4) is 0 Å². The zero-order valence-electron chi connectivity index (χ0n) is 11.9. The molecular formula is C18H15N3S. The summed E-state index contributed by atoms with van der Waals surface area (Å²) in [6, 6.07) is 21.8. The number of fused-ring (bicyclic) bond motifs is 1. The first-order chi connectivity index (χ1) is 10.8. The number of thiocarbonyl (C=S) groups is 1. The van der Waals surface area contributed by atoms with Gasteiger partial charge in [-0.1, -0.05) is 60.7 Å². The summed E-state index contributed by atoms with van der Waals surface area (Å²) in [4.78, 5) is 4.49. The van der Waals surface area contributed by atoms with Crippen LogP contribution in [0.25, 0.3) is 10.8 Å². The minimum Gasteiger partial charge on any atom is -0.369 e. The van der Waals surface area contributed by atoms with Crippen molar-refractivity contribution in [3.05, 3.63) is 72.3 Å². The normalized spacial score (nSPS) is 11.4. The van der Waals surface area contributed by atoms with Gasteiger partial charge in [0, 0.05) is 16.4 Å². The molecule has 0 atom stereocenters. The Kier molecular flexibility index (Phi) is 4.12. The van der Waals surface area contributed by atoms with E-state index in [1.165, 1.54) is 0 Å². The van der Waals surface area contributed by atoms with Gasteiger partial charge in [0.2, 0.25) is 0 Å². The monoisotopic (exact) mass is 305 g/mol. The van der Waals surface area contributed by atoms with E-state index in [0.717, 1.165) is 27.7 Å². The molecule has 0 saturated carbocycles. The summed E-state index contributed by atoms with van der Waals surface area (Å²) >= 11 is 4.94.